The van der Waals surface area contributed by atoms with Crippen LogP contribution < -0.4 is 0 Å². The maximum Gasteiger partial charge on any atom is 0.306 e. The van der Waals surface area contributed by atoms with Crippen LogP contribution in [0.25, 0.3) is 0 Å². The van der Waals surface area contributed by atoms with E-state index in [4.69, 9.17) is 10.2 Å². The standard InChI is InChI=1S/C7H13NO2.C7H15NO.2C2H6/c1-8-4-2-6(3-5-8)7(9)10;1-8-4-2-7(6-9)3-5-8;2*1-2/h6H,2-5H2,1H3,(H,9,10);7,9H,2-6H2,1H3;2*1-2H3. The smallest absolute Gasteiger partial charge is 0.306 e. The van der Waals surface area contributed by atoms with Crippen LogP contribution in [-0.2, 0) is 4.79 Å². The van der Waals surface area contributed by atoms with Crippen LogP contribution in [0.2, 0.25) is 0 Å². The number of carboxylic acid groups (broad SMARTS) is 1. The molecule has 5 heteroatoms. The van der Waals surface area contributed by atoms with Crippen molar-refractivity contribution in [1.82, 2.24) is 9.80 Å². The summed E-state index contributed by atoms with van der Waals surface area (Å²) >= 11 is 0. The highest BCUT2D eigenvalue weighted by molar-refractivity contribution is 5.70. The maximum absolute atomic E-state index is 10.4. The van der Waals surface area contributed by atoms with E-state index in [1.165, 1.54) is 12.8 Å². The van der Waals surface area contributed by atoms with Crippen molar-refractivity contribution in [2.75, 3.05) is 46.9 Å². The molecule has 0 aromatic rings. The number of piperidine rings is 2. The molecular formula is C18H40N2O3. The molecule has 23 heavy (non-hydrogen) atoms. The average Bonchev–Trinajstić information content (AvgIpc) is 2.60. The summed E-state index contributed by atoms with van der Waals surface area (Å²) in [5.74, 6) is -0.134. The Morgan fingerprint density at radius 3 is 1.52 bits per heavy atom. The molecule has 0 spiro atoms. The Hall–Kier alpha value is -0.650. The molecule has 5 nitrogen and oxygen atoms in total. The first-order valence-electron chi connectivity index (χ1n) is 9.23. The fourth-order valence-corrected chi connectivity index (χ4v) is 2.50. The molecular weight excluding hydrogens is 292 g/mol. The van der Waals surface area contributed by atoms with Crippen molar-refractivity contribution in [3.8, 4) is 0 Å². The van der Waals surface area contributed by atoms with E-state index in [9.17, 15) is 4.79 Å². The highest BCUT2D eigenvalue weighted by atomic mass is 16.4. The molecule has 0 radical (unpaired) electrons. The molecule has 0 saturated carbocycles. The van der Waals surface area contributed by atoms with E-state index >= 15 is 0 Å². The second-order valence-corrected chi connectivity index (χ2v) is 5.85. The van der Waals surface area contributed by atoms with Gasteiger partial charge in [-0.1, -0.05) is 27.7 Å². The van der Waals surface area contributed by atoms with Crippen LogP contribution >= 0.6 is 0 Å². The second-order valence-electron chi connectivity index (χ2n) is 5.85. The van der Waals surface area contributed by atoms with Crippen LogP contribution in [-0.4, -0.2) is 72.9 Å². The molecule has 0 bridgehead atoms. The Morgan fingerprint density at radius 2 is 1.22 bits per heavy atom. The van der Waals surface area contributed by atoms with Crippen LogP contribution in [0.1, 0.15) is 53.4 Å². The monoisotopic (exact) mass is 332 g/mol. The summed E-state index contributed by atoms with van der Waals surface area (Å²) in [5.41, 5.74) is 0. The Morgan fingerprint density at radius 1 is 0.870 bits per heavy atom. The first kappa shape index (κ1) is 24.6. The summed E-state index contributed by atoms with van der Waals surface area (Å²) in [5, 5.41) is 17.4. The van der Waals surface area contributed by atoms with Gasteiger partial charge in [-0.3, -0.25) is 4.79 Å². The zero-order valence-corrected chi connectivity index (χ0v) is 16.2. The molecule has 0 aliphatic carbocycles. The summed E-state index contributed by atoms with van der Waals surface area (Å²) in [6.07, 6.45) is 3.97. The zero-order valence-electron chi connectivity index (χ0n) is 16.2. The van der Waals surface area contributed by atoms with Crippen molar-refractivity contribution in [3.05, 3.63) is 0 Å². The van der Waals surface area contributed by atoms with Crippen molar-refractivity contribution >= 4 is 5.97 Å². The number of carbonyl (C=O) groups is 1. The van der Waals surface area contributed by atoms with E-state index in [2.05, 4.69) is 16.8 Å². The van der Waals surface area contributed by atoms with E-state index in [1.807, 2.05) is 34.7 Å². The van der Waals surface area contributed by atoms with E-state index < -0.39 is 5.97 Å². The van der Waals surface area contributed by atoms with Gasteiger partial charge in [0.25, 0.3) is 0 Å². The third kappa shape index (κ3) is 12.4. The molecule has 0 amide bonds. The highest BCUT2D eigenvalue weighted by Gasteiger charge is 2.22. The van der Waals surface area contributed by atoms with Crippen LogP contribution in [0.15, 0.2) is 0 Å². The molecule has 0 aromatic carbocycles. The number of aliphatic carboxylic acids is 1. The number of aliphatic hydroxyl groups excluding tert-OH is 1. The first-order chi connectivity index (χ1) is 11.0. The van der Waals surface area contributed by atoms with Crippen molar-refractivity contribution < 1.29 is 15.0 Å². The molecule has 0 unspecified atom stereocenters. The van der Waals surface area contributed by atoms with Gasteiger partial charge in [0.05, 0.1) is 5.92 Å². The largest absolute Gasteiger partial charge is 0.481 e. The second kappa shape index (κ2) is 16.2. The van der Waals surface area contributed by atoms with Gasteiger partial charge in [-0.2, -0.15) is 0 Å². The fraction of sp³-hybridized carbons (Fsp3) is 0.944. The molecule has 2 saturated heterocycles. The number of nitrogens with zero attached hydrogens (tertiary/aromatic N) is 2. The number of hydrogen-bond donors (Lipinski definition) is 2. The van der Waals surface area contributed by atoms with Crippen molar-refractivity contribution in [2.45, 2.75) is 53.4 Å². The summed E-state index contributed by atoms with van der Waals surface area (Å²) in [6.45, 7) is 12.6. The summed E-state index contributed by atoms with van der Waals surface area (Å²) in [7, 11) is 4.16. The minimum absolute atomic E-state index is 0.0869. The topological polar surface area (TPSA) is 64.0 Å². The van der Waals surface area contributed by atoms with Crippen LogP contribution in [0.5, 0.6) is 0 Å². The lowest BCUT2D eigenvalue weighted by Gasteiger charge is -2.27. The lowest BCUT2D eigenvalue weighted by Crippen LogP contribution is -2.33. The number of aliphatic hydroxyl groups is 1. The number of rotatable bonds is 2. The predicted octanol–water partition coefficient (Wildman–Crippen LogP) is 2.79. The van der Waals surface area contributed by atoms with Gasteiger partial charge < -0.3 is 20.0 Å². The SMILES string of the molecule is CC.CC.CN1CCC(C(=O)O)CC1.CN1CCC(CO)CC1. The average molecular weight is 333 g/mol. The molecule has 2 N–H and O–H groups in total. The van der Waals surface area contributed by atoms with Gasteiger partial charge in [0, 0.05) is 6.61 Å². The lowest BCUT2D eigenvalue weighted by atomic mass is 9.98. The van der Waals surface area contributed by atoms with Gasteiger partial charge in [-0.15, -0.1) is 0 Å². The number of carboxylic acids is 1. The summed E-state index contributed by atoms with van der Waals surface area (Å²) < 4.78 is 0. The minimum Gasteiger partial charge on any atom is -0.481 e. The van der Waals surface area contributed by atoms with E-state index in [0.29, 0.717) is 12.5 Å². The predicted molar refractivity (Wildman–Crippen MR) is 97.9 cm³/mol. The van der Waals surface area contributed by atoms with E-state index in [-0.39, 0.29) is 5.92 Å². The van der Waals surface area contributed by atoms with E-state index in [1.54, 1.807) is 0 Å². The number of likely N-dealkylation sites (tertiary alicyclic amines) is 2. The van der Waals surface area contributed by atoms with Gasteiger partial charge >= 0.3 is 5.97 Å². The Bertz CT molecular complexity index is 259. The van der Waals surface area contributed by atoms with Crippen LogP contribution in [0.4, 0.5) is 0 Å². The Kier molecular flexibility index (Phi) is 17.3. The normalized spacial score (nSPS) is 20.1. The third-order valence-corrected chi connectivity index (χ3v) is 4.16. The molecule has 2 aliphatic heterocycles. The fourth-order valence-electron chi connectivity index (χ4n) is 2.50. The molecule has 140 valence electrons. The molecule has 0 aromatic heterocycles. The Balaban J connectivity index is 0. The molecule has 2 aliphatic rings. The van der Waals surface area contributed by atoms with Crippen LogP contribution in [0, 0.1) is 11.8 Å². The molecule has 2 rings (SSSR count). The van der Waals surface area contributed by atoms with Crippen molar-refractivity contribution in [1.29, 1.82) is 0 Å². The van der Waals surface area contributed by atoms with Gasteiger partial charge in [-0.05, 0) is 71.9 Å². The van der Waals surface area contributed by atoms with Gasteiger partial charge in [0.2, 0.25) is 0 Å². The van der Waals surface area contributed by atoms with Crippen LogP contribution in [0.3, 0.4) is 0 Å². The van der Waals surface area contributed by atoms with Crippen molar-refractivity contribution in [2.24, 2.45) is 11.8 Å². The zero-order chi connectivity index (χ0) is 18.3. The first-order valence-corrected chi connectivity index (χ1v) is 9.23. The Labute approximate surface area is 143 Å². The van der Waals surface area contributed by atoms with Gasteiger partial charge in [0.1, 0.15) is 0 Å². The van der Waals surface area contributed by atoms with E-state index in [0.717, 1.165) is 39.0 Å². The van der Waals surface area contributed by atoms with Crippen molar-refractivity contribution in [3.63, 3.8) is 0 Å². The molecule has 0 atom stereocenters. The maximum atomic E-state index is 10.4. The molecule has 2 heterocycles. The minimum atomic E-state index is -0.631. The number of hydrogen-bond acceptors (Lipinski definition) is 4. The molecule has 2 fully saturated rings. The summed E-state index contributed by atoms with van der Waals surface area (Å²) in [4.78, 5) is 14.9. The highest BCUT2D eigenvalue weighted by Crippen LogP contribution is 2.15. The quantitative estimate of drug-likeness (QED) is 0.814. The lowest BCUT2D eigenvalue weighted by molar-refractivity contribution is -0.143. The summed E-state index contributed by atoms with van der Waals surface area (Å²) in [6, 6.07) is 0. The van der Waals surface area contributed by atoms with Gasteiger partial charge in [0.15, 0.2) is 0 Å². The third-order valence-electron chi connectivity index (χ3n) is 4.16. The van der Waals surface area contributed by atoms with Gasteiger partial charge in [-0.25, -0.2) is 0 Å².